The average molecular weight is 1800 g/mol. The highest BCUT2D eigenvalue weighted by atomic mass is 16.3. The molecular formula is C84H132N24O18. The largest absolute Gasteiger partial charge is 0.393 e. The number of aliphatic hydroxyl groups is 6. The third-order valence-electron chi connectivity index (χ3n) is 19.7. The standard InChI is InChI=1S/6C14H22N4O3/c6*1-9(19)7-5-6-8-18-13(20)11-12(17(4)14(18)21)15-10(2)16(11)3/h6*9,19H,5-8H2,1-4H3/t4*9-;;/m1100../s1/i3D3,7D2,9D;3D3,7D2;3D3,7D2,9D;3D3,7D2;3D3,7D2,9D;3D3,7D2. The van der Waals surface area contributed by atoms with Gasteiger partial charge in [-0.2, -0.15) is 0 Å². The Hall–Kier alpha value is -11.3. The number of imidazole rings is 6. The number of aromatic nitrogens is 24. The van der Waals surface area contributed by atoms with E-state index in [-0.39, 0.29) is 218 Å². The fourth-order valence-corrected chi connectivity index (χ4v) is 12.9. The van der Waals surface area contributed by atoms with Crippen LogP contribution < -0.4 is 67.5 Å². The highest BCUT2D eigenvalue weighted by Crippen LogP contribution is 2.16. The molecule has 12 aromatic heterocycles. The van der Waals surface area contributed by atoms with Crippen LogP contribution in [-0.4, -0.2) is 179 Å². The van der Waals surface area contributed by atoms with E-state index in [1.54, 1.807) is 0 Å². The van der Waals surface area contributed by atoms with Crippen LogP contribution in [0.25, 0.3) is 67.0 Å². The first-order chi connectivity index (χ1) is 71.6. The molecule has 0 bridgehead atoms. The second-order valence-electron chi connectivity index (χ2n) is 29.3. The molecule has 12 rings (SSSR count). The lowest BCUT2D eigenvalue weighted by atomic mass is 10.2. The van der Waals surface area contributed by atoms with Crippen molar-refractivity contribution in [3.8, 4) is 0 Å². The summed E-state index contributed by atoms with van der Waals surface area (Å²) in [6, 6.07) is 0. The lowest BCUT2D eigenvalue weighted by Crippen LogP contribution is -2.39. The Kier molecular flexibility index (Phi) is 22.0. The third kappa shape index (κ3) is 23.1. The molecule has 42 nitrogen and oxygen atoms in total. The van der Waals surface area contributed by atoms with Crippen molar-refractivity contribution >= 4 is 67.0 Å². The number of fused-ring (bicyclic) bond motifs is 6. The number of nitrogens with zero attached hydrogens (tertiary/aromatic N) is 24. The van der Waals surface area contributed by atoms with E-state index < -0.39 is 184 Å². The zero-order valence-electron chi connectivity index (χ0n) is 106. The SMILES string of the molecule is [2H]C([2H])(CCCn1c(=O)c2c(nc(C)n2C([2H])([2H])[2H])n(C)c1=O)C(C)O.[2H]C([2H])(CCCn1c(=O)c2c(nc(C)n2C([2H])([2H])[2H])n(C)c1=O)[C@@H](C)O.[2H]C([2H])(CCCn1c(=O)c2c(nc(C)n2C([2H])([2H])[2H])n(C)c1=O)[C@H](C)O.[2H]C([2H])([2H])n1c(C)nc2c1c(=O)n(CCCC([2H])([2H])C([2H])(C)O)c(=O)n2C.[2H]C([2H])([2H])n1c(C)nc2c1c(=O)n(CCCC([2H])([2H])[C@@]([2H])(C)O)c(=O)n2C.[2H]C([2H])([2H])n1c(C)nc2c1c(=O)n(CCCC([2H])([2H])[C@]([2H])(C)O)c(=O)n2C. The Morgan fingerprint density at radius 2 is 0.381 bits per heavy atom. The monoisotopic (exact) mass is 1800 g/mol. The van der Waals surface area contributed by atoms with Gasteiger partial charge in [0.1, 0.15) is 34.9 Å². The van der Waals surface area contributed by atoms with Crippen molar-refractivity contribution in [2.75, 3.05) is 0 Å². The van der Waals surface area contributed by atoms with Gasteiger partial charge in [0, 0.05) is 165 Å². The number of hydrogen-bond acceptors (Lipinski definition) is 24. The molecule has 0 aliphatic heterocycles. The predicted octanol–water partition coefficient (Wildman–Crippen LogP) is 1.76. The van der Waals surface area contributed by atoms with Crippen molar-refractivity contribution in [2.24, 2.45) is 84.1 Å². The van der Waals surface area contributed by atoms with Crippen molar-refractivity contribution in [3.05, 3.63) is 160 Å². The first-order valence-electron chi connectivity index (χ1n) is 56.0. The van der Waals surface area contributed by atoms with Gasteiger partial charge >= 0.3 is 34.1 Å². The van der Waals surface area contributed by atoms with Gasteiger partial charge in [0.25, 0.3) is 33.4 Å². The minimum absolute atomic E-state index is 0.0100. The third-order valence-corrected chi connectivity index (χ3v) is 19.7. The molecule has 0 saturated carbocycles. The van der Waals surface area contributed by atoms with E-state index in [4.69, 9.17) is 45.2 Å². The summed E-state index contributed by atoms with van der Waals surface area (Å²) >= 11 is 0. The highest BCUT2D eigenvalue weighted by Gasteiger charge is 2.24. The summed E-state index contributed by atoms with van der Waals surface area (Å²) in [5.41, 5.74) is -10.4. The van der Waals surface area contributed by atoms with Gasteiger partial charge in [-0.15, -0.1) is 0 Å². The van der Waals surface area contributed by atoms with Crippen LogP contribution in [0.2, 0.25) is 0 Å². The molecule has 0 aliphatic carbocycles. The van der Waals surface area contributed by atoms with Crippen LogP contribution >= 0.6 is 0 Å². The minimum Gasteiger partial charge on any atom is -0.393 e. The zero-order chi connectivity index (χ0) is 123. The number of aliphatic hydroxyl groups excluding tert-OH is 3. The maximum atomic E-state index is 12.8. The first-order valence-corrected chi connectivity index (χ1v) is 39.5. The van der Waals surface area contributed by atoms with E-state index in [0.717, 1.165) is 103 Å². The highest BCUT2D eigenvalue weighted by molar-refractivity contribution is 5.74. The molecule has 6 N–H and O–H groups in total. The van der Waals surface area contributed by atoms with Crippen LogP contribution in [0.5, 0.6) is 0 Å². The predicted molar refractivity (Wildman–Crippen MR) is 483 cm³/mol. The second kappa shape index (κ2) is 44.2. The van der Waals surface area contributed by atoms with Crippen LogP contribution in [0.1, 0.15) is 237 Å². The first kappa shape index (κ1) is 62.7. The Bertz CT molecular complexity index is 7450. The molecule has 0 aliphatic rings. The van der Waals surface area contributed by atoms with Crippen LogP contribution in [0, 0.1) is 41.5 Å². The summed E-state index contributed by atoms with van der Waals surface area (Å²) in [7, 11) is 8.28. The molecule has 42 heteroatoms. The molecule has 0 fully saturated rings. The molecule has 696 valence electrons. The molecule has 12 heterocycles. The van der Waals surface area contributed by atoms with Crippen LogP contribution in [0.4, 0.5) is 0 Å². The van der Waals surface area contributed by atoms with Crippen LogP contribution in [0.3, 0.4) is 0 Å². The van der Waals surface area contributed by atoms with Gasteiger partial charge in [0.15, 0.2) is 67.0 Å². The zero-order valence-corrected chi connectivity index (χ0v) is 73.3. The van der Waals surface area contributed by atoms with E-state index in [1.165, 1.54) is 105 Å². The topological polar surface area (TPSA) is 492 Å². The fourth-order valence-electron chi connectivity index (χ4n) is 12.9. The summed E-state index contributed by atoms with van der Waals surface area (Å²) in [5.74, 6) is 0.477. The molecule has 126 heavy (non-hydrogen) atoms. The van der Waals surface area contributed by atoms with Crippen LogP contribution in [0.15, 0.2) is 57.5 Å². The van der Waals surface area contributed by atoms with Gasteiger partial charge in [0.05, 0.1) is 40.7 Å². The van der Waals surface area contributed by atoms with Gasteiger partial charge in [0.2, 0.25) is 0 Å². The average Bonchev–Trinajstić information content (AvgIpc) is 1.62. The normalized spacial score (nSPS) is 18.9. The molecule has 0 radical (unpaired) electrons. The van der Waals surface area contributed by atoms with Gasteiger partial charge in [-0.1, -0.05) is 0 Å². The lowest BCUT2D eigenvalue weighted by molar-refractivity contribution is 0.179. The van der Waals surface area contributed by atoms with Crippen molar-refractivity contribution in [3.63, 3.8) is 0 Å². The molecular weight excluding hydrogens is 1630 g/mol. The van der Waals surface area contributed by atoms with E-state index in [0.29, 0.717) is 0 Å². The van der Waals surface area contributed by atoms with E-state index in [1.807, 2.05) is 0 Å². The Labute approximate surface area is 772 Å². The molecule has 2 unspecified atom stereocenters. The minimum atomic E-state index is -2.66. The summed E-state index contributed by atoms with van der Waals surface area (Å²) in [4.78, 5) is 176. The smallest absolute Gasteiger partial charge is 0.332 e. The molecule has 0 spiro atoms. The van der Waals surface area contributed by atoms with Crippen molar-refractivity contribution < 1.29 is 75.9 Å². The van der Waals surface area contributed by atoms with Gasteiger partial charge in [-0.3, -0.25) is 83.6 Å². The summed E-state index contributed by atoms with van der Waals surface area (Å²) in [6.07, 6.45) is -23.5. The molecule has 0 aromatic carbocycles. The van der Waals surface area contributed by atoms with Crippen molar-refractivity contribution in [2.45, 2.75) is 274 Å². The molecule has 0 amide bonds. The Balaban J connectivity index is 0.000000257. The maximum Gasteiger partial charge on any atom is 0.332 e. The molecule has 12 aromatic rings. The van der Waals surface area contributed by atoms with Gasteiger partial charge in [-0.25, -0.2) is 58.7 Å². The quantitative estimate of drug-likeness (QED) is 0.0373. The fraction of sp³-hybridized carbons (Fsp3) is 0.643. The van der Waals surface area contributed by atoms with E-state index >= 15 is 0 Å². The number of hydrogen-bond donors (Lipinski definition) is 6. The van der Waals surface area contributed by atoms with Crippen LogP contribution in [-0.2, 0) is 123 Å². The number of aryl methyl sites for hydroxylation is 18. The van der Waals surface area contributed by atoms with Crippen molar-refractivity contribution in [1.82, 2.24) is 112 Å². The van der Waals surface area contributed by atoms with E-state index in [9.17, 15) is 88.2 Å². The van der Waals surface area contributed by atoms with E-state index in [2.05, 4.69) is 29.9 Å². The Morgan fingerprint density at radius 1 is 0.246 bits per heavy atom. The summed E-state index contributed by atoms with van der Waals surface area (Å²) < 4.78 is 268. The summed E-state index contributed by atoms with van der Waals surface area (Å²) in [5, 5.41) is 56.9. The molecule has 0 saturated heterocycles. The van der Waals surface area contributed by atoms with Gasteiger partial charge in [-0.05, 0) is 198 Å². The number of rotatable bonds is 30. The maximum absolute atomic E-state index is 12.8. The lowest BCUT2D eigenvalue weighted by Gasteiger charge is -2.09. The molecule has 6 atom stereocenters. The second-order valence-corrected chi connectivity index (χ2v) is 29.3. The Morgan fingerprint density at radius 3 is 0.500 bits per heavy atom. The summed E-state index contributed by atoms with van der Waals surface area (Å²) in [6.45, 7) is -1.10. The van der Waals surface area contributed by atoms with Crippen molar-refractivity contribution in [1.29, 1.82) is 0 Å². The van der Waals surface area contributed by atoms with Gasteiger partial charge < -0.3 is 58.0 Å².